The molecule has 0 unspecified atom stereocenters. The Labute approximate surface area is 118 Å². The summed E-state index contributed by atoms with van der Waals surface area (Å²) in [6, 6.07) is 3.29. The van der Waals surface area contributed by atoms with E-state index in [9.17, 15) is 8.42 Å². The second kappa shape index (κ2) is 4.82. The zero-order valence-electron chi connectivity index (χ0n) is 11.9. The maximum absolute atomic E-state index is 12.5. The standard InChI is InChI=1S/C13H18N4O2S/c1-7-5-11(14)6-8(2)12(7)20(18,19)17-13-9(3)10(4)15-16-13/h5-6H,14H2,1-4H3,(H2,15,16,17). The number of benzene rings is 1. The van der Waals surface area contributed by atoms with Gasteiger partial charge in [0.05, 0.1) is 4.90 Å². The van der Waals surface area contributed by atoms with Crippen LogP contribution < -0.4 is 10.5 Å². The van der Waals surface area contributed by atoms with Gasteiger partial charge in [0, 0.05) is 16.9 Å². The lowest BCUT2D eigenvalue weighted by Crippen LogP contribution is -2.16. The van der Waals surface area contributed by atoms with E-state index in [1.54, 1.807) is 32.9 Å². The van der Waals surface area contributed by atoms with Gasteiger partial charge in [0.1, 0.15) is 0 Å². The van der Waals surface area contributed by atoms with Crippen LogP contribution in [-0.2, 0) is 10.0 Å². The first-order valence-electron chi connectivity index (χ1n) is 6.13. The number of hydrogen-bond donors (Lipinski definition) is 3. The van der Waals surface area contributed by atoms with Gasteiger partial charge in [0.2, 0.25) is 0 Å². The Kier molecular flexibility index (Phi) is 3.47. The van der Waals surface area contributed by atoms with E-state index in [0.29, 0.717) is 22.6 Å². The van der Waals surface area contributed by atoms with Crippen molar-refractivity contribution in [1.82, 2.24) is 10.2 Å². The van der Waals surface area contributed by atoms with Gasteiger partial charge < -0.3 is 5.73 Å². The summed E-state index contributed by atoms with van der Waals surface area (Å²) in [4.78, 5) is 0.242. The summed E-state index contributed by atoms with van der Waals surface area (Å²) < 4.78 is 27.5. The number of H-pyrrole nitrogens is 1. The Hall–Kier alpha value is -2.02. The van der Waals surface area contributed by atoms with Gasteiger partial charge in [-0.25, -0.2) is 8.42 Å². The van der Waals surface area contributed by atoms with Gasteiger partial charge in [0.15, 0.2) is 5.82 Å². The highest BCUT2D eigenvalue weighted by atomic mass is 32.2. The molecular weight excluding hydrogens is 276 g/mol. The Bertz CT molecular complexity index is 740. The Morgan fingerprint density at radius 2 is 1.70 bits per heavy atom. The number of anilines is 2. The molecule has 1 aromatic heterocycles. The molecule has 0 amide bonds. The van der Waals surface area contributed by atoms with Gasteiger partial charge in [-0.15, -0.1) is 0 Å². The van der Waals surface area contributed by atoms with Gasteiger partial charge in [-0.1, -0.05) is 0 Å². The lowest BCUT2D eigenvalue weighted by molar-refractivity contribution is 0.600. The van der Waals surface area contributed by atoms with E-state index in [1.807, 2.05) is 6.92 Å². The van der Waals surface area contributed by atoms with E-state index >= 15 is 0 Å². The number of sulfonamides is 1. The maximum Gasteiger partial charge on any atom is 0.263 e. The minimum atomic E-state index is -3.69. The molecule has 2 rings (SSSR count). The fourth-order valence-electron chi connectivity index (χ4n) is 2.17. The summed E-state index contributed by atoms with van der Waals surface area (Å²) in [6.07, 6.45) is 0. The SMILES string of the molecule is Cc1cc(N)cc(C)c1S(=O)(=O)Nc1n[nH]c(C)c1C. The molecule has 0 saturated carbocycles. The molecule has 0 fully saturated rings. The average molecular weight is 294 g/mol. The highest BCUT2D eigenvalue weighted by molar-refractivity contribution is 7.92. The summed E-state index contributed by atoms with van der Waals surface area (Å²) in [5.41, 5.74) is 9.09. The minimum absolute atomic E-state index is 0.242. The number of aromatic nitrogens is 2. The first kappa shape index (κ1) is 14.4. The monoisotopic (exact) mass is 294 g/mol. The highest BCUT2D eigenvalue weighted by Gasteiger charge is 2.22. The third-order valence-electron chi connectivity index (χ3n) is 3.24. The number of aromatic amines is 1. The predicted octanol–water partition coefficient (Wildman–Crippen LogP) is 2.03. The number of nitrogens with two attached hydrogens (primary N) is 1. The van der Waals surface area contributed by atoms with Gasteiger partial charge >= 0.3 is 0 Å². The van der Waals surface area contributed by atoms with Gasteiger partial charge in [-0.3, -0.25) is 9.82 Å². The number of nitrogens with zero attached hydrogens (tertiary/aromatic N) is 1. The third-order valence-corrected chi connectivity index (χ3v) is 4.88. The van der Waals surface area contributed by atoms with Gasteiger partial charge in [-0.05, 0) is 51.0 Å². The number of nitrogens with one attached hydrogen (secondary N) is 2. The van der Waals surface area contributed by atoms with Crippen molar-refractivity contribution in [2.45, 2.75) is 32.6 Å². The number of aryl methyl sites for hydroxylation is 3. The van der Waals surface area contributed by atoms with Crippen LogP contribution in [0.4, 0.5) is 11.5 Å². The first-order chi connectivity index (χ1) is 9.22. The van der Waals surface area contributed by atoms with E-state index in [4.69, 9.17) is 5.73 Å². The van der Waals surface area contributed by atoms with Crippen LogP contribution in [0.3, 0.4) is 0 Å². The first-order valence-corrected chi connectivity index (χ1v) is 7.62. The summed E-state index contributed by atoms with van der Waals surface area (Å²) in [6.45, 7) is 7.08. The number of nitrogen functional groups attached to an aromatic ring is 1. The van der Waals surface area contributed by atoms with Crippen LogP contribution in [0.25, 0.3) is 0 Å². The fraction of sp³-hybridized carbons (Fsp3) is 0.308. The van der Waals surface area contributed by atoms with Gasteiger partial charge in [0.25, 0.3) is 10.0 Å². The van der Waals surface area contributed by atoms with Crippen LogP contribution in [0.2, 0.25) is 0 Å². The summed E-state index contributed by atoms with van der Waals surface area (Å²) in [7, 11) is -3.69. The van der Waals surface area contributed by atoms with E-state index in [0.717, 1.165) is 11.3 Å². The second-order valence-corrected chi connectivity index (χ2v) is 6.53. The molecule has 4 N–H and O–H groups in total. The molecule has 0 spiro atoms. The Balaban J connectivity index is 2.49. The van der Waals surface area contributed by atoms with Crippen molar-refractivity contribution in [1.29, 1.82) is 0 Å². The summed E-state index contributed by atoms with van der Waals surface area (Å²) in [5.74, 6) is 0.318. The third kappa shape index (κ3) is 2.49. The lowest BCUT2D eigenvalue weighted by Gasteiger charge is -2.12. The molecule has 7 heteroatoms. The molecule has 20 heavy (non-hydrogen) atoms. The second-order valence-electron chi connectivity index (χ2n) is 4.91. The molecule has 0 aliphatic carbocycles. The van der Waals surface area contributed by atoms with Crippen molar-refractivity contribution >= 4 is 21.5 Å². The summed E-state index contributed by atoms with van der Waals surface area (Å²) in [5, 5.41) is 6.72. The molecule has 0 aliphatic heterocycles. The van der Waals surface area contributed by atoms with Crippen molar-refractivity contribution < 1.29 is 8.42 Å². The van der Waals surface area contributed by atoms with Crippen molar-refractivity contribution in [3.8, 4) is 0 Å². The summed E-state index contributed by atoms with van der Waals surface area (Å²) >= 11 is 0. The van der Waals surface area contributed by atoms with Gasteiger partial charge in [-0.2, -0.15) is 5.10 Å². The molecule has 1 heterocycles. The van der Waals surface area contributed by atoms with E-state index < -0.39 is 10.0 Å². The smallest absolute Gasteiger partial charge is 0.263 e. The molecule has 0 bridgehead atoms. The van der Waals surface area contributed by atoms with Crippen molar-refractivity contribution in [3.05, 3.63) is 34.5 Å². The van der Waals surface area contributed by atoms with E-state index in [1.165, 1.54) is 0 Å². The van der Waals surface area contributed by atoms with Crippen LogP contribution in [0, 0.1) is 27.7 Å². The van der Waals surface area contributed by atoms with E-state index in [2.05, 4.69) is 14.9 Å². The normalized spacial score (nSPS) is 11.6. The highest BCUT2D eigenvalue weighted by Crippen LogP contribution is 2.26. The van der Waals surface area contributed by atoms with Crippen molar-refractivity contribution in [2.24, 2.45) is 0 Å². The van der Waals surface area contributed by atoms with Crippen molar-refractivity contribution in [3.63, 3.8) is 0 Å². The van der Waals surface area contributed by atoms with Crippen LogP contribution in [0.15, 0.2) is 17.0 Å². The number of rotatable bonds is 3. The van der Waals surface area contributed by atoms with Crippen LogP contribution in [0.5, 0.6) is 0 Å². The molecule has 0 aliphatic rings. The zero-order valence-corrected chi connectivity index (χ0v) is 12.7. The average Bonchev–Trinajstić information content (AvgIpc) is 2.58. The van der Waals surface area contributed by atoms with Crippen LogP contribution in [0.1, 0.15) is 22.4 Å². The molecule has 0 atom stereocenters. The van der Waals surface area contributed by atoms with Crippen molar-refractivity contribution in [2.75, 3.05) is 10.5 Å². The minimum Gasteiger partial charge on any atom is -0.399 e. The largest absolute Gasteiger partial charge is 0.399 e. The van der Waals surface area contributed by atoms with Crippen LogP contribution in [-0.4, -0.2) is 18.6 Å². The Morgan fingerprint density at radius 3 is 2.15 bits per heavy atom. The molecular formula is C13H18N4O2S. The maximum atomic E-state index is 12.5. The molecule has 1 aromatic carbocycles. The predicted molar refractivity (Wildman–Crippen MR) is 79.2 cm³/mol. The fourth-order valence-corrected chi connectivity index (χ4v) is 3.69. The molecule has 108 valence electrons. The lowest BCUT2D eigenvalue weighted by atomic mass is 10.1. The van der Waals surface area contributed by atoms with E-state index in [-0.39, 0.29) is 4.90 Å². The molecule has 0 radical (unpaired) electrons. The number of hydrogen-bond acceptors (Lipinski definition) is 4. The molecule has 0 saturated heterocycles. The molecule has 2 aromatic rings. The molecule has 6 nitrogen and oxygen atoms in total. The Morgan fingerprint density at radius 1 is 1.15 bits per heavy atom. The quantitative estimate of drug-likeness (QED) is 0.754. The zero-order chi connectivity index (χ0) is 15.1. The van der Waals surface area contributed by atoms with Crippen LogP contribution >= 0.6 is 0 Å². The topological polar surface area (TPSA) is 101 Å².